The number of benzene rings is 1. The van der Waals surface area contributed by atoms with Crippen LogP contribution in [-0.2, 0) is 4.79 Å². The van der Waals surface area contributed by atoms with Crippen molar-refractivity contribution in [1.82, 2.24) is 0 Å². The summed E-state index contributed by atoms with van der Waals surface area (Å²) in [7, 11) is 0. The highest BCUT2D eigenvalue weighted by Gasteiger charge is 2.46. The summed E-state index contributed by atoms with van der Waals surface area (Å²) in [6.07, 6.45) is 0. The van der Waals surface area contributed by atoms with Crippen LogP contribution in [0.2, 0.25) is 0 Å². The Balaban J connectivity index is 0.00000289. The standard InChI is InChI=1S/C9H8F2N2O4.ClH/c10-9(11,8(14)15)7(12)5-1-3-6(4-2-5)13(16)17;/h1-4,7H,12H2,(H,14,15);1H/t7-;/m0./s1. The van der Waals surface area contributed by atoms with Gasteiger partial charge in [0.1, 0.15) is 6.04 Å². The van der Waals surface area contributed by atoms with Gasteiger partial charge in [0.05, 0.1) is 4.92 Å². The molecule has 0 amide bonds. The van der Waals surface area contributed by atoms with E-state index in [1.54, 1.807) is 0 Å². The van der Waals surface area contributed by atoms with Crippen LogP contribution < -0.4 is 5.73 Å². The molecule has 1 aromatic rings. The van der Waals surface area contributed by atoms with Crippen molar-refractivity contribution in [3.05, 3.63) is 39.9 Å². The zero-order chi connectivity index (χ0) is 13.2. The highest BCUT2D eigenvalue weighted by atomic mass is 35.5. The Hall–Kier alpha value is -1.80. The average molecular weight is 283 g/mol. The molecule has 0 aromatic heterocycles. The Morgan fingerprint density at radius 3 is 2.17 bits per heavy atom. The van der Waals surface area contributed by atoms with E-state index in [1.807, 2.05) is 0 Å². The second-order valence-corrected chi connectivity index (χ2v) is 3.25. The fourth-order valence-electron chi connectivity index (χ4n) is 1.15. The summed E-state index contributed by atoms with van der Waals surface area (Å²) in [5.74, 6) is -6.47. The lowest BCUT2D eigenvalue weighted by Crippen LogP contribution is -2.40. The Kier molecular flexibility index (Phi) is 5.12. The summed E-state index contributed by atoms with van der Waals surface area (Å²) >= 11 is 0. The largest absolute Gasteiger partial charge is 0.477 e. The minimum absolute atomic E-state index is 0. The highest BCUT2D eigenvalue weighted by Crippen LogP contribution is 2.30. The third-order valence-corrected chi connectivity index (χ3v) is 2.14. The van der Waals surface area contributed by atoms with Crippen LogP contribution in [0.4, 0.5) is 14.5 Å². The molecule has 0 unspecified atom stereocenters. The smallest absolute Gasteiger partial charge is 0.376 e. The van der Waals surface area contributed by atoms with Crippen LogP contribution in [0.5, 0.6) is 0 Å². The molecule has 0 saturated heterocycles. The van der Waals surface area contributed by atoms with Gasteiger partial charge in [0.25, 0.3) is 5.69 Å². The molecule has 18 heavy (non-hydrogen) atoms. The molecule has 1 aromatic carbocycles. The number of carbonyl (C=O) groups is 1. The molecule has 1 atom stereocenters. The molecule has 0 aliphatic carbocycles. The van der Waals surface area contributed by atoms with Crippen LogP contribution in [0.15, 0.2) is 24.3 Å². The van der Waals surface area contributed by atoms with Gasteiger partial charge in [-0.15, -0.1) is 12.4 Å². The quantitative estimate of drug-likeness (QED) is 0.646. The third-order valence-electron chi connectivity index (χ3n) is 2.14. The first kappa shape index (κ1) is 16.2. The van der Waals surface area contributed by atoms with Crippen molar-refractivity contribution in [3.63, 3.8) is 0 Å². The van der Waals surface area contributed by atoms with E-state index in [0.717, 1.165) is 24.3 Å². The first-order valence-electron chi connectivity index (χ1n) is 4.38. The number of aliphatic carboxylic acids is 1. The van der Waals surface area contributed by atoms with E-state index in [1.165, 1.54) is 0 Å². The van der Waals surface area contributed by atoms with E-state index < -0.39 is 22.9 Å². The number of nitro groups is 1. The number of non-ortho nitro benzene ring substituents is 1. The Bertz CT molecular complexity index is 452. The molecule has 0 aliphatic heterocycles. The first-order chi connectivity index (χ1) is 7.76. The van der Waals surface area contributed by atoms with Gasteiger partial charge in [0.15, 0.2) is 0 Å². The van der Waals surface area contributed by atoms with Gasteiger partial charge in [-0.25, -0.2) is 4.79 Å². The van der Waals surface area contributed by atoms with Crippen molar-refractivity contribution in [2.75, 3.05) is 0 Å². The van der Waals surface area contributed by atoms with Crippen LogP contribution in [0.1, 0.15) is 11.6 Å². The number of halogens is 3. The predicted octanol–water partition coefficient (Wildman–Crippen LogP) is 1.74. The first-order valence-corrected chi connectivity index (χ1v) is 4.38. The number of hydrogen-bond donors (Lipinski definition) is 2. The van der Waals surface area contributed by atoms with Crippen molar-refractivity contribution in [1.29, 1.82) is 0 Å². The third kappa shape index (κ3) is 3.11. The summed E-state index contributed by atoms with van der Waals surface area (Å²) in [4.78, 5) is 19.9. The molecule has 0 radical (unpaired) electrons. The molecule has 0 aliphatic rings. The maximum absolute atomic E-state index is 13.0. The minimum atomic E-state index is -4.13. The van der Waals surface area contributed by atoms with Crippen LogP contribution in [0.25, 0.3) is 0 Å². The maximum atomic E-state index is 13.0. The SMILES string of the molecule is Cl.N[C@@H](c1ccc([N+](=O)[O-])cc1)C(F)(F)C(=O)O. The maximum Gasteiger partial charge on any atom is 0.376 e. The van der Waals surface area contributed by atoms with Crippen molar-refractivity contribution < 1.29 is 23.6 Å². The molecular formula is C9H9ClF2N2O4. The lowest BCUT2D eigenvalue weighted by Gasteiger charge is -2.19. The summed E-state index contributed by atoms with van der Waals surface area (Å²) in [5, 5.41) is 18.6. The van der Waals surface area contributed by atoms with Gasteiger partial charge in [-0.3, -0.25) is 10.1 Å². The molecule has 1 rings (SSSR count). The van der Waals surface area contributed by atoms with Crippen molar-refractivity contribution in [2.24, 2.45) is 5.73 Å². The van der Waals surface area contributed by atoms with Crippen LogP contribution in [0.3, 0.4) is 0 Å². The average Bonchev–Trinajstić information content (AvgIpc) is 2.27. The normalized spacial score (nSPS) is 12.4. The number of nitrogens with zero attached hydrogens (tertiary/aromatic N) is 1. The van der Waals surface area contributed by atoms with Gasteiger partial charge in [0.2, 0.25) is 0 Å². The Morgan fingerprint density at radius 1 is 1.39 bits per heavy atom. The fourth-order valence-corrected chi connectivity index (χ4v) is 1.15. The molecule has 6 nitrogen and oxygen atoms in total. The van der Waals surface area contributed by atoms with Gasteiger partial charge < -0.3 is 10.8 Å². The number of nitro benzene ring substituents is 1. The van der Waals surface area contributed by atoms with E-state index >= 15 is 0 Å². The lowest BCUT2D eigenvalue weighted by molar-refractivity contribution is -0.384. The Labute approximate surface area is 106 Å². The monoisotopic (exact) mass is 282 g/mol. The Morgan fingerprint density at radius 2 is 1.83 bits per heavy atom. The summed E-state index contributed by atoms with van der Waals surface area (Å²) < 4.78 is 26.1. The van der Waals surface area contributed by atoms with Gasteiger partial charge in [0, 0.05) is 12.1 Å². The highest BCUT2D eigenvalue weighted by molar-refractivity contribution is 5.85. The molecule has 0 heterocycles. The van der Waals surface area contributed by atoms with E-state index in [-0.39, 0.29) is 23.7 Å². The van der Waals surface area contributed by atoms with Crippen LogP contribution >= 0.6 is 12.4 Å². The summed E-state index contributed by atoms with van der Waals surface area (Å²) in [6, 6.07) is 1.90. The van der Waals surface area contributed by atoms with Gasteiger partial charge in [-0.1, -0.05) is 12.1 Å². The van der Waals surface area contributed by atoms with E-state index in [2.05, 4.69) is 0 Å². The van der Waals surface area contributed by atoms with Crippen molar-refractivity contribution >= 4 is 24.1 Å². The molecule has 0 spiro atoms. The van der Waals surface area contributed by atoms with Crippen molar-refractivity contribution in [3.8, 4) is 0 Å². The lowest BCUT2D eigenvalue weighted by atomic mass is 10.0. The van der Waals surface area contributed by atoms with E-state index in [0.29, 0.717) is 0 Å². The second-order valence-electron chi connectivity index (χ2n) is 3.25. The fraction of sp³-hybridized carbons (Fsp3) is 0.222. The van der Waals surface area contributed by atoms with Crippen molar-refractivity contribution in [2.45, 2.75) is 12.0 Å². The number of alkyl halides is 2. The van der Waals surface area contributed by atoms with E-state index in [4.69, 9.17) is 10.8 Å². The number of rotatable bonds is 4. The number of carboxylic acid groups (broad SMARTS) is 1. The van der Waals surface area contributed by atoms with Gasteiger partial charge in [-0.05, 0) is 5.56 Å². The van der Waals surface area contributed by atoms with E-state index in [9.17, 15) is 23.7 Å². The molecular weight excluding hydrogens is 274 g/mol. The molecule has 100 valence electrons. The number of nitrogens with two attached hydrogens (primary N) is 1. The summed E-state index contributed by atoms with van der Waals surface area (Å²) in [6.45, 7) is 0. The molecule has 9 heteroatoms. The number of hydrogen-bond acceptors (Lipinski definition) is 4. The molecule has 3 N–H and O–H groups in total. The zero-order valence-corrected chi connectivity index (χ0v) is 9.56. The molecule has 0 saturated carbocycles. The predicted molar refractivity (Wildman–Crippen MR) is 59.9 cm³/mol. The van der Waals surface area contributed by atoms with Gasteiger partial charge in [-0.2, -0.15) is 8.78 Å². The zero-order valence-electron chi connectivity index (χ0n) is 8.75. The summed E-state index contributed by atoms with van der Waals surface area (Å²) in [5.41, 5.74) is 4.62. The van der Waals surface area contributed by atoms with Crippen LogP contribution in [-0.4, -0.2) is 21.9 Å². The topological polar surface area (TPSA) is 106 Å². The van der Waals surface area contributed by atoms with Gasteiger partial charge >= 0.3 is 11.9 Å². The molecule has 0 fully saturated rings. The van der Waals surface area contributed by atoms with Crippen LogP contribution in [0, 0.1) is 10.1 Å². The molecule has 0 bridgehead atoms. The number of carboxylic acids is 1. The second kappa shape index (κ2) is 5.69. The minimum Gasteiger partial charge on any atom is -0.477 e.